The molecule has 0 radical (unpaired) electrons. The summed E-state index contributed by atoms with van der Waals surface area (Å²) in [6, 6.07) is 1.41. The number of hydrogen-bond donors (Lipinski definition) is 3. The summed E-state index contributed by atoms with van der Waals surface area (Å²) in [6.07, 6.45) is 4.11. The second-order valence-corrected chi connectivity index (χ2v) is 6.21. The first kappa shape index (κ1) is 13.5. The first-order chi connectivity index (χ1) is 8.56. The summed E-state index contributed by atoms with van der Waals surface area (Å²) in [5, 5.41) is 0. The highest BCUT2D eigenvalue weighted by molar-refractivity contribution is 7.89. The van der Waals surface area contributed by atoms with E-state index in [1.54, 1.807) is 13.2 Å². The van der Waals surface area contributed by atoms with Crippen LogP contribution in [0, 0.1) is 0 Å². The lowest BCUT2D eigenvalue weighted by atomic mass is 10.2. The number of hydrogen-bond acceptors (Lipinski definition) is 4. The number of nitrogens with two attached hydrogens (primary N) is 1. The van der Waals surface area contributed by atoms with E-state index in [0.717, 1.165) is 19.3 Å². The zero-order chi connectivity index (χ0) is 13.2. The van der Waals surface area contributed by atoms with E-state index < -0.39 is 10.0 Å². The zero-order valence-corrected chi connectivity index (χ0v) is 11.2. The molecule has 1 heterocycles. The highest BCUT2D eigenvalue weighted by atomic mass is 32.2. The number of nitrogens with one attached hydrogen (secondary N) is 2. The van der Waals surface area contributed by atoms with Crippen molar-refractivity contribution in [3.8, 4) is 0 Å². The molecule has 6 nitrogen and oxygen atoms in total. The number of aromatic amines is 1. The van der Waals surface area contributed by atoms with Crippen LogP contribution in [0.1, 0.15) is 25.0 Å². The predicted octanol–water partition coefficient (Wildman–Crippen LogP) is 0.319. The third-order valence-corrected chi connectivity index (χ3v) is 4.78. The molecule has 1 aromatic heterocycles. The van der Waals surface area contributed by atoms with Crippen molar-refractivity contribution in [3.05, 3.63) is 18.0 Å². The van der Waals surface area contributed by atoms with Gasteiger partial charge in [0.05, 0.1) is 11.0 Å². The Labute approximate surface area is 107 Å². The summed E-state index contributed by atoms with van der Waals surface area (Å²) in [6.45, 7) is 0.291. The van der Waals surface area contributed by atoms with Gasteiger partial charge < -0.3 is 15.5 Å². The van der Waals surface area contributed by atoms with Gasteiger partial charge in [0.25, 0.3) is 0 Å². The molecule has 0 aromatic carbocycles. The average molecular weight is 273 g/mol. The second kappa shape index (κ2) is 5.40. The SMILES string of the molecule is COC1CCCC1NS(=O)(=O)c1c[nH]c(CN)c1. The van der Waals surface area contributed by atoms with Crippen molar-refractivity contribution in [2.75, 3.05) is 7.11 Å². The minimum absolute atomic E-state index is 0.0345. The van der Waals surface area contributed by atoms with Crippen LogP contribution in [-0.4, -0.2) is 32.7 Å². The van der Waals surface area contributed by atoms with Gasteiger partial charge in [0.15, 0.2) is 0 Å². The summed E-state index contributed by atoms with van der Waals surface area (Å²) in [4.78, 5) is 3.06. The number of rotatable bonds is 5. The summed E-state index contributed by atoms with van der Waals surface area (Å²) in [5.41, 5.74) is 6.15. The van der Waals surface area contributed by atoms with Crippen molar-refractivity contribution in [1.29, 1.82) is 0 Å². The summed E-state index contributed by atoms with van der Waals surface area (Å²) in [5.74, 6) is 0. The third kappa shape index (κ3) is 2.74. The highest BCUT2D eigenvalue weighted by Crippen LogP contribution is 2.23. The first-order valence-corrected chi connectivity index (χ1v) is 7.47. The van der Waals surface area contributed by atoms with Crippen LogP contribution in [0.15, 0.2) is 17.2 Å². The van der Waals surface area contributed by atoms with Gasteiger partial charge in [-0.1, -0.05) is 0 Å². The molecule has 2 rings (SSSR count). The number of aromatic nitrogens is 1. The Morgan fingerprint density at radius 2 is 2.33 bits per heavy atom. The minimum Gasteiger partial charge on any atom is -0.380 e. The molecule has 0 bridgehead atoms. The predicted molar refractivity (Wildman–Crippen MR) is 67.4 cm³/mol. The maximum atomic E-state index is 12.2. The molecule has 18 heavy (non-hydrogen) atoms. The van der Waals surface area contributed by atoms with Crippen LogP contribution in [0.2, 0.25) is 0 Å². The van der Waals surface area contributed by atoms with Crippen LogP contribution >= 0.6 is 0 Å². The number of H-pyrrole nitrogens is 1. The van der Waals surface area contributed by atoms with Gasteiger partial charge in [-0.2, -0.15) is 0 Å². The monoisotopic (exact) mass is 273 g/mol. The van der Waals surface area contributed by atoms with Gasteiger partial charge in [-0.15, -0.1) is 0 Å². The molecule has 0 amide bonds. The summed E-state index contributed by atoms with van der Waals surface area (Å²) in [7, 11) is -1.88. The fourth-order valence-electron chi connectivity index (χ4n) is 2.30. The molecule has 4 N–H and O–H groups in total. The molecular formula is C11H19N3O3S. The summed E-state index contributed by atoms with van der Waals surface area (Å²) >= 11 is 0. The Balaban J connectivity index is 2.11. The van der Waals surface area contributed by atoms with Gasteiger partial charge in [0.2, 0.25) is 10.0 Å². The maximum Gasteiger partial charge on any atom is 0.242 e. The van der Waals surface area contributed by atoms with Crippen LogP contribution < -0.4 is 10.5 Å². The molecule has 1 aromatic rings. The Morgan fingerprint density at radius 1 is 1.56 bits per heavy atom. The van der Waals surface area contributed by atoms with Gasteiger partial charge in [0.1, 0.15) is 0 Å². The van der Waals surface area contributed by atoms with Crippen molar-refractivity contribution >= 4 is 10.0 Å². The van der Waals surface area contributed by atoms with Crippen molar-refractivity contribution in [3.63, 3.8) is 0 Å². The number of sulfonamides is 1. The molecule has 0 saturated heterocycles. The van der Waals surface area contributed by atoms with E-state index in [0.29, 0.717) is 12.2 Å². The van der Waals surface area contributed by atoms with E-state index in [2.05, 4.69) is 9.71 Å². The van der Waals surface area contributed by atoms with Crippen molar-refractivity contribution in [1.82, 2.24) is 9.71 Å². The van der Waals surface area contributed by atoms with Crippen LogP contribution in [0.3, 0.4) is 0 Å². The van der Waals surface area contributed by atoms with Gasteiger partial charge >= 0.3 is 0 Å². The van der Waals surface area contributed by atoms with Gasteiger partial charge in [-0.3, -0.25) is 0 Å². The number of methoxy groups -OCH3 is 1. The molecule has 7 heteroatoms. The fourth-order valence-corrected chi connectivity index (χ4v) is 3.62. The van der Waals surface area contributed by atoms with Crippen molar-refractivity contribution < 1.29 is 13.2 Å². The molecule has 1 fully saturated rings. The van der Waals surface area contributed by atoms with Crippen molar-refractivity contribution in [2.24, 2.45) is 5.73 Å². The smallest absolute Gasteiger partial charge is 0.242 e. The van der Waals surface area contributed by atoms with E-state index >= 15 is 0 Å². The Hall–Kier alpha value is -0.890. The maximum absolute atomic E-state index is 12.2. The van der Waals surface area contributed by atoms with Gasteiger partial charge in [-0.25, -0.2) is 13.1 Å². The molecule has 0 spiro atoms. The fraction of sp³-hybridized carbons (Fsp3) is 0.636. The first-order valence-electron chi connectivity index (χ1n) is 5.99. The second-order valence-electron chi connectivity index (χ2n) is 4.50. The zero-order valence-electron chi connectivity index (χ0n) is 10.3. The largest absolute Gasteiger partial charge is 0.380 e. The van der Waals surface area contributed by atoms with Crippen LogP contribution in [0.4, 0.5) is 0 Å². The lowest BCUT2D eigenvalue weighted by Crippen LogP contribution is -2.40. The average Bonchev–Trinajstić information content (AvgIpc) is 2.96. The summed E-state index contributed by atoms with van der Waals surface area (Å²) < 4.78 is 32.3. The molecule has 2 atom stereocenters. The topological polar surface area (TPSA) is 97.2 Å². The van der Waals surface area contributed by atoms with Gasteiger partial charge in [0, 0.05) is 31.6 Å². The standard InChI is InChI=1S/C11H19N3O3S/c1-17-11-4-2-3-10(11)14-18(15,16)9-5-8(6-12)13-7-9/h5,7,10-11,13-14H,2-4,6,12H2,1H3. The van der Waals surface area contributed by atoms with Crippen molar-refractivity contribution in [2.45, 2.75) is 42.8 Å². The van der Waals surface area contributed by atoms with E-state index in [9.17, 15) is 8.42 Å². The molecule has 1 aliphatic carbocycles. The Bertz CT molecular complexity index is 497. The normalized spacial score (nSPS) is 24.6. The van der Waals surface area contributed by atoms with E-state index in [4.69, 9.17) is 10.5 Å². The van der Waals surface area contributed by atoms with Gasteiger partial charge in [-0.05, 0) is 25.3 Å². The number of ether oxygens (including phenoxy) is 1. The lowest BCUT2D eigenvalue weighted by molar-refractivity contribution is 0.0916. The third-order valence-electron chi connectivity index (χ3n) is 3.31. The van der Waals surface area contributed by atoms with Crippen LogP contribution in [0.25, 0.3) is 0 Å². The molecule has 0 aliphatic heterocycles. The molecule has 1 aliphatic rings. The molecular weight excluding hydrogens is 254 g/mol. The molecule has 1 saturated carbocycles. The van der Waals surface area contributed by atoms with E-state index in [1.807, 2.05) is 0 Å². The lowest BCUT2D eigenvalue weighted by Gasteiger charge is -2.19. The van der Waals surface area contributed by atoms with E-state index in [-0.39, 0.29) is 17.0 Å². The highest BCUT2D eigenvalue weighted by Gasteiger charge is 2.31. The molecule has 102 valence electrons. The van der Waals surface area contributed by atoms with Crippen LogP contribution in [0.5, 0.6) is 0 Å². The van der Waals surface area contributed by atoms with E-state index in [1.165, 1.54) is 6.20 Å². The molecule has 2 unspecified atom stereocenters. The Morgan fingerprint density at radius 3 is 2.94 bits per heavy atom. The minimum atomic E-state index is -3.49. The Kier molecular flexibility index (Phi) is 4.06. The van der Waals surface area contributed by atoms with Crippen LogP contribution in [-0.2, 0) is 21.3 Å². The quantitative estimate of drug-likeness (QED) is 0.719.